The van der Waals surface area contributed by atoms with Crippen LogP contribution in [0.1, 0.15) is 75.4 Å². The van der Waals surface area contributed by atoms with Crippen LogP contribution < -0.4 is 14.8 Å². The Bertz CT molecular complexity index is 1710. The number of anilines is 1. The average molecular weight is 650 g/mol. The van der Waals surface area contributed by atoms with E-state index in [2.05, 4.69) is 40.8 Å². The van der Waals surface area contributed by atoms with Crippen LogP contribution in [0.15, 0.2) is 53.4 Å². The number of hydrogen-bond donors (Lipinski definition) is 2. The van der Waals surface area contributed by atoms with Crippen molar-refractivity contribution in [2.45, 2.75) is 96.9 Å². The quantitative estimate of drug-likeness (QED) is 0.350. The number of rotatable bonds is 5. The molecule has 11 nitrogen and oxygen atoms in total. The van der Waals surface area contributed by atoms with Crippen molar-refractivity contribution in [2.24, 2.45) is 5.41 Å². The van der Waals surface area contributed by atoms with Crippen LogP contribution in [0.4, 0.5) is 10.7 Å². The molecule has 2 heterocycles. The number of benzene rings is 2. The molecule has 0 spiro atoms. The Morgan fingerprint density at radius 1 is 1.09 bits per heavy atom. The second-order valence-corrected chi connectivity index (χ2v) is 15.4. The number of carbonyl (C=O) groups is 2. The van der Waals surface area contributed by atoms with Gasteiger partial charge in [-0.05, 0) is 81.7 Å². The Morgan fingerprint density at radius 3 is 2.41 bits per heavy atom. The standard InChI is InChI=1S/C34H43N5O6S/c1-20(2)45-33(41)35-24-15-25(16-24)39-26(18-34(5,6)7)19-44-29-17-28(30-21(3)10-8-11-22(30)4)36-32(37-29)38-46(42,43)27-13-9-12-23(14-27)31(39)40/h8-14,17,20,24-26H,15-16,18-19H2,1-7H3,(H,35,41)(H,36,37,38)/t24-,25+,26-/m1/s1. The second-order valence-electron chi connectivity index (χ2n) is 13.7. The van der Waals surface area contributed by atoms with Crippen LogP contribution in [-0.4, -0.2) is 66.1 Å². The fraction of sp³-hybridized carbons (Fsp3) is 0.471. The van der Waals surface area contributed by atoms with Gasteiger partial charge < -0.3 is 19.7 Å². The average Bonchev–Trinajstić information content (AvgIpc) is 2.92. The van der Waals surface area contributed by atoms with E-state index in [0.717, 1.165) is 16.7 Å². The first kappa shape index (κ1) is 33.2. The van der Waals surface area contributed by atoms with Crippen LogP contribution in [0.25, 0.3) is 11.3 Å². The first-order valence-corrected chi connectivity index (χ1v) is 17.1. The Balaban J connectivity index is 1.58. The van der Waals surface area contributed by atoms with Gasteiger partial charge in [-0.15, -0.1) is 0 Å². The van der Waals surface area contributed by atoms with E-state index in [0.29, 0.717) is 25.0 Å². The van der Waals surface area contributed by atoms with Gasteiger partial charge in [0.25, 0.3) is 15.9 Å². The van der Waals surface area contributed by atoms with Gasteiger partial charge in [0.15, 0.2) is 0 Å². The van der Waals surface area contributed by atoms with Gasteiger partial charge in [-0.3, -0.25) is 4.79 Å². The fourth-order valence-electron chi connectivity index (χ4n) is 6.12. The van der Waals surface area contributed by atoms with Gasteiger partial charge in [0.05, 0.1) is 22.7 Å². The molecule has 1 atom stereocenters. The van der Waals surface area contributed by atoms with Crippen LogP contribution >= 0.6 is 0 Å². The first-order valence-electron chi connectivity index (χ1n) is 15.6. The lowest BCUT2D eigenvalue weighted by atomic mass is 9.81. The zero-order valence-electron chi connectivity index (χ0n) is 27.5. The van der Waals surface area contributed by atoms with E-state index in [-0.39, 0.29) is 58.4 Å². The minimum atomic E-state index is -4.17. The number of aromatic nitrogens is 2. The van der Waals surface area contributed by atoms with E-state index in [4.69, 9.17) is 9.47 Å². The number of carbonyl (C=O) groups excluding carboxylic acids is 2. The Hall–Kier alpha value is -4.19. The minimum absolute atomic E-state index is 0.0851. The van der Waals surface area contributed by atoms with Crippen LogP contribution in [0.2, 0.25) is 0 Å². The molecule has 1 aliphatic carbocycles. The Labute approximate surface area is 271 Å². The predicted molar refractivity (Wildman–Crippen MR) is 175 cm³/mol. The molecule has 2 amide bonds. The lowest BCUT2D eigenvalue weighted by molar-refractivity contribution is 0.0157. The largest absolute Gasteiger partial charge is 0.475 e. The molecule has 0 radical (unpaired) electrons. The Morgan fingerprint density at radius 2 is 1.76 bits per heavy atom. The van der Waals surface area contributed by atoms with Crippen LogP contribution in [0, 0.1) is 19.3 Å². The summed E-state index contributed by atoms with van der Waals surface area (Å²) in [5.41, 5.74) is 3.36. The summed E-state index contributed by atoms with van der Waals surface area (Å²) < 4.78 is 41.3. The molecule has 2 aromatic carbocycles. The van der Waals surface area contributed by atoms with Gasteiger partial charge >= 0.3 is 6.09 Å². The molecule has 4 bridgehead atoms. The molecular weight excluding hydrogens is 606 g/mol. The third-order valence-corrected chi connectivity index (χ3v) is 9.45. The number of nitrogens with one attached hydrogen (secondary N) is 2. The van der Waals surface area contributed by atoms with Crippen molar-refractivity contribution >= 4 is 28.0 Å². The van der Waals surface area contributed by atoms with Gasteiger partial charge in [-0.25, -0.2) is 22.9 Å². The highest BCUT2D eigenvalue weighted by Crippen LogP contribution is 2.35. The van der Waals surface area contributed by atoms with Gasteiger partial charge in [0.2, 0.25) is 11.8 Å². The molecule has 5 rings (SSSR count). The summed E-state index contributed by atoms with van der Waals surface area (Å²) in [6.07, 6.45) is 0.899. The fourth-order valence-corrected chi connectivity index (χ4v) is 7.11. The molecule has 0 unspecified atom stereocenters. The number of alkyl carbamates (subject to hydrolysis) is 1. The number of amides is 2. The van der Waals surface area contributed by atoms with E-state index in [9.17, 15) is 18.0 Å². The number of sulfonamides is 1. The van der Waals surface area contributed by atoms with E-state index >= 15 is 0 Å². The maximum atomic E-state index is 14.3. The smallest absolute Gasteiger partial charge is 0.407 e. The molecule has 2 aliphatic rings. The van der Waals surface area contributed by atoms with Gasteiger partial charge in [-0.1, -0.05) is 45.0 Å². The maximum absolute atomic E-state index is 14.3. The van der Waals surface area contributed by atoms with Gasteiger partial charge in [0, 0.05) is 29.3 Å². The summed E-state index contributed by atoms with van der Waals surface area (Å²) in [6.45, 7) is 13.9. The van der Waals surface area contributed by atoms with Gasteiger partial charge in [0.1, 0.15) is 6.61 Å². The van der Waals surface area contributed by atoms with Gasteiger partial charge in [-0.2, -0.15) is 4.98 Å². The molecule has 1 saturated carbocycles. The summed E-state index contributed by atoms with van der Waals surface area (Å²) in [5, 5.41) is 2.89. The van der Waals surface area contributed by atoms with Crippen LogP contribution in [-0.2, 0) is 14.8 Å². The third-order valence-electron chi connectivity index (χ3n) is 8.13. The molecule has 46 heavy (non-hydrogen) atoms. The predicted octanol–water partition coefficient (Wildman–Crippen LogP) is 5.87. The zero-order valence-corrected chi connectivity index (χ0v) is 28.3. The Kier molecular flexibility index (Phi) is 9.30. The van der Waals surface area contributed by atoms with Crippen molar-refractivity contribution in [1.29, 1.82) is 0 Å². The molecule has 1 fully saturated rings. The lowest BCUT2D eigenvalue weighted by Crippen LogP contribution is -2.60. The second kappa shape index (κ2) is 12.9. The van der Waals surface area contributed by atoms with E-state index in [1.54, 1.807) is 32.0 Å². The summed E-state index contributed by atoms with van der Waals surface area (Å²) in [5.74, 6) is -0.250. The number of nitrogens with zero attached hydrogens (tertiary/aromatic N) is 3. The lowest BCUT2D eigenvalue weighted by Gasteiger charge is -2.47. The number of fused-ring (bicyclic) bond motifs is 4. The van der Waals surface area contributed by atoms with E-state index in [1.807, 2.05) is 36.9 Å². The molecule has 246 valence electrons. The van der Waals surface area contributed by atoms with Crippen molar-refractivity contribution in [2.75, 3.05) is 11.3 Å². The van der Waals surface area contributed by atoms with E-state index in [1.165, 1.54) is 12.1 Å². The van der Waals surface area contributed by atoms with Crippen molar-refractivity contribution in [3.8, 4) is 17.1 Å². The van der Waals surface area contributed by atoms with Crippen molar-refractivity contribution in [1.82, 2.24) is 20.2 Å². The molecule has 1 aliphatic heterocycles. The van der Waals surface area contributed by atoms with Crippen LogP contribution in [0.5, 0.6) is 5.88 Å². The highest BCUT2D eigenvalue weighted by atomic mass is 32.2. The number of hydrogen-bond acceptors (Lipinski definition) is 8. The summed E-state index contributed by atoms with van der Waals surface area (Å²) in [6, 6.07) is 12.8. The highest BCUT2D eigenvalue weighted by molar-refractivity contribution is 7.92. The zero-order chi connectivity index (χ0) is 33.4. The number of aryl methyl sites for hydroxylation is 2. The summed E-state index contributed by atoms with van der Waals surface area (Å²) in [4.78, 5) is 37.4. The van der Waals surface area contributed by atoms with Crippen LogP contribution in [0.3, 0.4) is 0 Å². The molecular formula is C34H43N5O6S. The SMILES string of the molecule is Cc1cccc(C)c1-c1cc2nc(n1)NS(=O)(=O)c1cccc(c1)C(=O)N([C@H]1C[C@@H](NC(=O)OC(C)C)C1)[C@H](CC(C)(C)C)CO2. The normalized spacial score (nSPS) is 21.1. The summed E-state index contributed by atoms with van der Waals surface area (Å²) >= 11 is 0. The van der Waals surface area contributed by atoms with Crippen molar-refractivity contribution in [3.05, 3.63) is 65.2 Å². The van der Waals surface area contributed by atoms with Crippen molar-refractivity contribution in [3.63, 3.8) is 0 Å². The minimum Gasteiger partial charge on any atom is -0.475 e. The maximum Gasteiger partial charge on any atom is 0.407 e. The van der Waals surface area contributed by atoms with E-state index < -0.39 is 22.2 Å². The first-order chi connectivity index (χ1) is 21.6. The highest BCUT2D eigenvalue weighted by Gasteiger charge is 2.42. The van der Waals surface area contributed by atoms with Crippen molar-refractivity contribution < 1.29 is 27.5 Å². The summed E-state index contributed by atoms with van der Waals surface area (Å²) in [7, 11) is -4.17. The monoisotopic (exact) mass is 649 g/mol. The molecule has 12 heteroatoms. The topological polar surface area (TPSA) is 140 Å². The molecule has 0 saturated heterocycles. The number of ether oxygens (including phenoxy) is 2. The molecule has 2 N–H and O–H groups in total. The molecule has 1 aromatic heterocycles. The third kappa shape index (κ3) is 7.60. The molecule has 3 aromatic rings.